The maximum Gasteiger partial charge on any atom is 0.244 e. The summed E-state index contributed by atoms with van der Waals surface area (Å²) in [6.07, 6.45) is 0.833. The van der Waals surface area contributed by atoms with E-state index in [4.69, 9.17) is 11.6 Å². The van der Waals surface area contributed by atoms with Crippen LogP contribution < -0.4 is 5.32 Å². The molecule has 25 heavy (non-hydrogen) atoms. The zero-order valence-electron chi connectivity index (χ0n) is 13.8. The molecule has 2 aromatic rings. The Labute approximate surface area is 152 Å². The van der Waals surface area contributed by atoms with Crippen LogP contribution in [0.1, 0.15) is 24.1 Å². The van der Waals surface area contributed by atoms with Crippen molar-refractivity contribution in [2.45, 2.75) is 24.3 Å². The summed E-state index contributed by atoms with van der Waals surface area (Å²) >= 11 is 5.91. The molecule has 1 amide bonds. The Morgan fingerprint density at radius 1 is 1.12 bits per heavy atom. The summed E-state index contributed by atoms with van der Waals surface area (Å²) < 4.78 is 27.5. The summed E-state index contributed by atoms with van der Waals surface area (Å²) in [7, 11) is -3.79. The molecular formula is C18H19ClN2O3S. The zero-order chi connectivity index (χ0) is 18.0. The van der Waals surface area contributed by atoms with Crippen molar-refractivity contribution in [3.63, 3.8) is 0 Å². The van der Waals surface area contributed by atoms with E-state index in [-0.39, 0.29) is 23.9 Å². The average Bonchev–Trinajstić information content (AvgIpc) is 2.62. The molecule has 1 N–H and O–H groups in total. The molecule has 5 nitrogen and oxygen atoms in total. The third kappa shape index (κ3) is 3.56. The number of carbonyl (C=O) groups is 1. The van der Waals surface area contributed by atoms with Crippen LogP contribution in [0.4, 0.5) is 0 Å². The van der Waals surface area contributed by atoms with Gasteiger partial charge in [0, 0.05) is 18.1 Å². The number of amides is 1. The van der Waals surface area contributed by atoms with Crippen LogP contribution in [-0.2, 0) is 21.2 Å². The molecule has 7 heteroatoms. The molecule has 0 radical (unpaired) electrons. The van der Waals surface area contributed by atoms with Gasteiger partial charge in [0.15, 0.2) is 0 Å². The standard InChI is InChI=1S/C18H19ClN2O3S/c1-2-13-3-9-16(10-4-13)25(23,24)21-12-11-20-18(22)17(21)14-5-7-15(19)8-6-14/h3-10,17H,2,11-12H2,1H3,(H,20,22). The molecule has 1 atom stereocenters. The number of halogens is 1. The molecule has 2 aromatic carbocycles. The zero-order valence-corrected chi connectivity index (χ0v) is 15.3. The third-order valence-electron chi connectivity index (χ3n) is 4.29. The number of aryl methyl sites for hydroxylation is 1. The largest absolute Gasteiger partial charge is 0.353 e. The van der Waals surface area contributed by atoms with Gasteiger partial charge in [-0.25, -0.2) is 8.42 Å². The Hall–Kier alpha value is -1.89. The fraction of sp³-hybridized carbons (Fsp3) is 0.278. The molecular weight excluding hydrogens is 360 g/mol. The number of benzene rings is 2. The minimum atomic E-state index is -3.79. The minimum Gasteiger partial charge on any atom is -0.353 e. The van der Waals surface area contributed by atoms with E-state index < -0.39 is 16.1 Å². The molecule has 1 saturated heterocycles. The Bertz CT molecular complexity index is 864. The number of sulfonamides is 1. The van der Waals surface area contributed by atoms with E-state index in [1.807, 2.05) is 6.92 Å². The Balaban J connectivity index is 2.01. The summed E-state index contributed by atoms with van der Waals surface area (Å²) in [6.45, 7) is 2.52. The molecule has 0 bridgehead atoms. The summed E-state index contributed by atoms with van der Waals surface area (Å²) in [5.74, 6) is -0.331. The quantitative estimate of drug-likeness (QED) is 0.889. The minimum absolute atomic E-state index is 0.193. The van der Waals surface area contributed by atoms with E-state index in [0.717, 1.165) is 12.0 Å². The molecule has 1 fully saturated rings. The molecule has 0 aliphatic carbocycles. The van der Waals surface area contributed by atoms with Crippen LogP contribution in [0.3, 0.4) is 0 Å². The van der Waals surface area contributed by atoms with Gasteiger partial charge in [-0.15, -0.1) is 0 Å². The fourth-order valence-electron chi connectivity index (χ4n) is 2.90. The lowest BCUT2D eigenvalue weighted by atomic mass is 10.1. The van der Waals surface area contributed by atoms with E-state index >= 15 is 0 Å². The average molecular weight is 379 g/mol. The molecule has 1 heterocycles. The summed E-state index contributed by atoms with van der Waals surface area (Å²) in [4.78, 5) is 12.6. The normalized spacial score (nSPS) is 18.8. The molecule has 3 rings (SSSR count). The van der Waals surface area contributed by atoms with Gasteiger partial charge >= 0.3 is 0 Å². The third-order valence-corrected chi connectivity index (χ3v) is 6.42. The molecule has 1 unspecified atom stereocenters. The van der Waals surface area contributed by atoms with Gasteiger partial charge in [0.25, 0.3) is 0 Å². The van der Waals surface area contributed by atoms with Crippen molar-refractivity contribution < 1.29 is 13.2 Å². The van der Waals surface area contributed by atoms with Crippen molar-refractivity contribution >= 4 is 27.5 Å². The van der Waals surface area contributed by atoms with Crippen molar-refractivity contribution in [2.75, 3.05) is 13.1 Å². The van der Waals surface area contributed by atoms with Crippen LogP contribution in [0, 0.1) is 0 Å². The molecule has 132 valence electrons. The monoisotopic (exact) mass is 378 g/mol. The van der Waals surface area contributed by atoms with E-state index in [0.29, 0.717) is 10.6 Å². The first kappa shape index (κ1) is 17.9. The highest BCUT2D eigenvalue weighted by Gasteiger charge is 2.39. The summed E-state index contributed by atoms with van der Waals surface area (Å²) in [6, 6.07) is 12.6. The molecule has 1 aliphatic heterocycles. The van der Waals surface area contributed by atoms with Crippen LogP contribution in [0.5, 0.6) is 0 Å². The second-order valence-electron chi connectivity index (χ2n) is 5.86. The number of hydrogen-bond acceptors (Lipinski definition) is 3. The summed E-state index contributed by atoms with van der Waals surface area (Å²) in [5, 5.41) is 3.27. The summed E-state index contributed by atoms with van der Waals surface area (Å²) in [5.41, 5.74) is 1.65. The first-order valence-electron chi connectivity index (χ1n) is 8.07. The second-order valence-corrected chi connectivity index (χ2v) is 8.19. The number of rotatable bonds is 4. The molecule has 1 aliphatic rings. The molecule has 0 aromatic heterocycles. The predicted octanol–water partition coefficient (Wildman–Crippen LogP) is 2.76. The van der Waals surface area contributed by atoms with E-state index in [1.165, 1.54) is 4.31 Å². The molecule has 0 spiro atoms. The fourth-order valence-corrected chi connectivity index (χ4v) is 4.60. The van der Waals surface area contributed by atoms with Crippen LogP contribution in [0.2, 0.25) is 5.02 Å². The highest BCUT2D eigenvalue weighted by molar-refractivity contribution is 7.89. The highest BCUT2D eigenvalue weighted by atomic mass is 35.5. The topological polar surface area (TPSA) is 66.5 Å². The van der Waals surface area contributed by atoms with Gasteiger partial charge in [-0.05, 0) is 41.8 Å². The van der Waals surface area contributed by atoms with E-state index in [9.17, 15) is 13.2 Å². The van der Waals surface area contributed by atoms with Crippen LogP contribution in [0.25, 0.3) is 0 Å². The van der Waals surface area contributed by atoms with Crippen molar-refractivity contribution in [2.24, 2.45) is 0 Å². The van der Waals surface area contributed by atoms with Crippen LogP contribution in [-0.4, -0.2) is 31.7 Å². The Kier molecular flexibility index (Phi) is 5.13. The van der Waals surface area contributed by atoms with Crippen molar-refractivity contribution in [1.29, 1.82) is 0 Å². The van der Waals surface area contributed by atoms with Gasteiger partial charge in [0.1, 0.15) is 6.04 Å². The Morgan fingerprint density at radius 3 is 2.36 bits per heavy atom. The van der Waals surface area contributed by atoms with Crippen molar-refractivity contribution in [3.8, 4) is 0 Å². The smallest absolute Gasteiger partial charge is 0.244 e. The van der Waals surface area contributed by atoms with Crippen LogP contribution >= 0.6 is 11.6 Å². The second kappa shape index (κ2) is 7.15. The first-order chi connectivity index (χ1) is 11.9. The van der Waals surface area contributed by atoms with E-state index in [1.54, 1.807) is 48.5 Å². The number of nitrogens with zero attached hydrogens (tertiary/aromatic N) is 1. The SMILES string of the molecule is CCc1ccc(S(=O)(=O)N2CCNC(=O)C2c2ccc(Cl)cc2)cc1. The van der Waals surface area contributed by atoms with Gasteiger partial charge in [-0.1, -0.05) is 42.8 Å². The van der Waals surface area contributed by atoms with Gasteiger partial charge in [0.05, 0.1) is 4.90 Å². The first-order valence-corrected chi connectivity index (χ1v) is 9.89. The number of nitrogens with one attached hydrogen (secondary N) is 1. The van der Waals surface area contributed by atoms with Gasteiger partial charge in [-0.2, -0.15) is 4.31 Å². The number of carbonyl (C=O) groups excluding carboxylic acids is 1. The highest BCUT2D eigenvalue weighted by Crippen LogP contribution is 2.30. The maximum atomic E-state index is 13.1. The maximum absolute atomic E-state index is 13.1. The number of piperazine rings is 1. The van der Waals surface area contributed by atoms with Gasteiger partial charge < -0.3 is 5.32 Å². The predicted molar refractivity (Wildman–Crippen MR) is 96.9 cm³/mol. The van der Waals surface area contributed by atoms with E-state index in [2.05, 4.69) is 5.32 Å². The van der Waals surface area contributed by atoms with Gasteiger partial charge in [-0.3, -0.25) is 4.79 Å². The van der Waals surface area contributed by atoms with Crippen LogP contribution in [0.15, 0.2) is 53.4 Å². The number of hydrogen-bond donors (Lipinski definition) is 1. The Morgan fingerprint density at radius 2 is 1.76 bits per heavy atom. The van der Waals surface area contributed by atoms with Crippen molar-refractivity contribution in [1.82, 2.24) is 9.62 Å². The lowest BCUT2D eigenvalue weighted by molar-refractivity contribution is -0.126. The lowest BCUT2D eigenvalue weighted by Gasteiger charge is -2.34. The molecule has 0 saturated carbocycles. The lowest BCUT2D eigenvalue weighted by Crippen LogP contribution is -2.52. The van der Waals surface area contributed by atoms with Gasteiger partial charge in [0.2, 0.25) is 15.9 Å². The van der Waals surface area contributed by atoms with Crippen molar-refractivity contribution in [3.05, 3.63) is 64.7 Å².